The molecule has 0 unspecified atom stereocenters. The van der Waals surface area contributed by atoms with Crippen LogP contribution in [0.1, 0.15) is 17.0 Å². The van der Waals surface area contributed by atoms with Gasteiger partial charge in [0.05, 0.1) is 12.2 Å². The van der Waals surface area contributed by atoms with E-state index in [4.69, 9.17) is 16.1 Å². The van der Waals surface area contributed by atoms with Gasteiger partial charge in [0.25, 0.3) is 0 Å². The lowest BCUT2D eigenvalue weighted by atomic mass is 10.1. The first kappa shape index (κ1) is 14.4. The molecule has 21 heavy (non-hydrogen) atoms. The largest absolute Gasteiger partial charge is 0.369 e. The van der Waals surface area contributed by atoms with Gasteiger partial charge in [-0.05, 0) is 31.5 Å². The second kappa shape index (κ2) is 6.08. The summed E-state index contributed by atoms with van der Waals surface area (Å²) in [5, 5.41) is 4.74. The number of aryl methyl sites for hydroxylation is 2. The molecule has 1 aliphatic heterocycles. The van der Waals surface area contributed by atoms with E-state index in [9.17, 15) is 0 Å². The van der Waals surface area contributed by atoms with Crippen LogP contribution in [0.25, 0.3) is 0 Å². The molecule has 1 aromatic carbocycles. The molecule has 2 heterocycles. The van der Waals surface area contributed by atoms with Crippen LogP contribution in [0.2, 0.25) is 5.02 Å². The van der Waals surface area contributed by atoms with E-state index in [1.165, 1.54) is 11.3 Å². The highest BCUT2D eigenvalue weighted by molar-refractivity contribution is 6.30. The average Bonchev–Trinajstić information content (AvgIpc) is 2.88. The first-order valence-corrected chi connectivity index (χ1v) is 7.65. The molecule has 1 aromatic heterocycles. The van der Waals surface area contributed by atoms with E-state index in [1.54, 1.807) is 0 Å². The van der Waals surface area contributed by atoms with E-state index in [-0.39, 0.29) is 0 Å². The number of anilines is 1. The number of rotatable bonds is 3. The summed E-state index contributed by atoms with van der Waals surface area (Å²) in [7, 11) is 0. The van der Waals surface area contributed by atoms with Gasteiger partial charge in [-0.2, -0.15) is 0 Å². The van der Waals surface area contributed by atoms with Gasteiger partial charge in [-0.3, -0.25) is 4.90 Å². The van der Waals surface area contributed by atoms with Crippen molar-refractivity contribution in [3.63, 3.8) is 0 Å². The average molecular weight is 306 g/mol. The van der Waals surface area contributed by atoms with Crippen LogP contribution in [0.15, 0.2) is 28.8 Å². The summed E-state index contributed by atoms with van der Waals surface area (Å²) in [6.45, 7) is 8.98. The van der Waals surface area contributed by atoms with Gasteiger partial charge >= 0.3 is 0 Å². The van der Waals surface area contributed by atoms with Gasteiger partial charge < -0.3 is 9.42 Å². The molecule has 1 fully saturated rings. The van der Waals surface area contributed by atoms with Crippen LogP contribution in [0.4, 0.5) is 5.69 Å². The van der Waals surface area contributed by atoms with Gasteiger partial charge in [0, 0.05) is 43.0 Å². The normalized spacial score (nSPS) is 16.4. The molecule has 0 aliphatic carbocycles. The van der Waals surface area contributed by atoms with Crippen LogP contribution in [-0.4, -0.2) is 36.2 Å². The second-order valence-corrected chi connectivity index (χ2v) is 6.07. The zero-order valence-corrected chi connectivity index (χ0v) is 13.2. The Morgan fingerprint density at radius 1 is 1.14 bits per heavy atom. The number of benzene rings is 1. The Balaban J connectivity index is 1.61. The third-order valence-corrected chi connectivity index (χ3v) is 4.18. The summed E-state index contributed by atoms with van der Waals surface area (Å²) in [4.78, 5) is 4.81. The molecule has 3 rings (SSSR count). The van der Waals surface area contributed by atoms with Crippen molar-refractivity contribution in [2.24, 2.45) is 0 Å². The number of aromatic nitrogens is 1. The maximum Gasteiger partial charge on any atom is 0.150 e. The van der Waals surface area contributed by atoms with Crippen molar-refractivity contribution in [3.8, 4) is 0 Å². The molecule has 0 spiro atoms. The zero-order valence-electron chi connectivity index (χ0n) is 12.5. The summed E-state index contributed by atoms with van der Waals surface area (Å²) in [5.74, 6) is 0.944. The van der Waals surface area contributed by atoms with Crippen LogP contribution in [0, 0.1) is 13.8 Å². The van der Waals surface area contributed by atoms with E-state index in [1.807, 2.05) is 19.1 Å². The standard InChI is InChI=1S/C16H20ClN3O/c1-12-3-4-14(17)10-16(12)20-7-5-19(6-8-20)11-15-9-13(2)18-21-15/h3-4,9-10H,5-8,11H2,1-2H3. The Hall–Kier alpha value is -1.52. The van der Waals surface area contributed by atoms with E-state index >= 15 is 0 Å². The molecule has 4 nitrogen and oxygen atoms in total. The molecule has 5 heteroatoms. The summed E-state index contributed by atoms with van der Waals surface area (Å²) in [6, 6.07) is 8.10. The molecule has 1 aliphatic rings. The van der Waals surface area contributed by atoms with E-state index in [0.29, 0.717) is 0 Å². The lowest BCUT2D eigenvalue weighted by Gasteiger charge is -2.36. The van der Waals surface area contributed by atoms with Crippen molar-refractivity contribution in [2.45, 2.75) is 20.4 Å². The topological polar surface area (TPSA) is 32.5 Å². The maximum atomic E-state index is 6.12. The smallest absolute Gasteiger partial charge is 0.150 e. The number of nitrogens with zero attached hydrogens (tertiary/aromatic N) is 3. The fourth-order valence-corrected chi connectivity index (χ4v) is 2.95. The molecule has 2 aromatic rings. The highest BCUT2D eigenvalue weighted by Crippen LogP contribution is 2.25. The zero-order chi connectivity index (χ0) is 14.8. The van der Waals surface area contributed by atoms with Crippen molar-refractivity contribution < 1.29 is 4.52 Å². The number of hydrogen-bond donors (Lipinski definition) is 0. The Morgan fingerprint density at radius 2 is 1.90 bits per heavy atom. The van der Waals surface area contributed by atoms with Crippen LogP contribution >= 0.6 is 11.6 Å². The minimum absolute atomic E-state index is 0.801. The van der Waals surface area contributed by atoms with Crippen LogP contribution in [-0.2, 0) is 6.54 Å². The Labute approximate surface area is 130 Å². The van der Waals surface area contributed by atoms with Gasteiger partial charge in [-0.15, -0.1) is 0 Å². The monoisotopic (exact) mass is 305 g/mol. The quantitative estimate of drug-likeness (QED) is 0.871. The van der Waals surface area contributed by atoms with Crippen molar-refractivity contribution in [1.82, 2.24) is 10.1 Å². The van der Waals surface area contributed by atoms with Gasteiger partial charge in [0.1, 0.15) is 0 Å². The van der Waals surface area contributed by atoms with Gasteiger partial charge in [-0.25, -0.2) is 0 Å². The van der Waals surface area contributed by atoms with Crippen molar-refractivity contribution >= 4 is 17.3 Å². The van der Waals surface area contributed by atoms with Crippen LogP contribution in [0.5, 0.6) is 0 Å². The molecule has 0 bridgehead atoms. The molecule has 0 N–H and O–H groups in total. The molecule has 0 amide bonds. The van der Waals surface area contributed by atoms with E-state index < -0.39 is 0 Å². The fourth-order valence-electron chi connectivity index (χ4n) is 2.78. The third kappa shape index (κ3) is 3.39. The molecule has 0 radical (unpaired) electrons. The minimum atomic E-state index is 0.801. The Kier molecular flexibility index (Phi) is 4.17. The predicted octanol–water partition coefficient (Wildman–Crippen LogP) is 3.27. The van der Waals surface area contributed by atoms with Crippen molar-refractivity contribution in [1.29, 1.82) is 0 Å². The van der Waals surface area contributed by atoms with Crippen LogP contribution in [0.3, 0.4) is 0 Å². The molecule has 0 atom stereocenters. The fraction of sp³-hybridized carbons (Fsp3) is 0.438. The molecule has 112 valence electrons. The Morgan fingerprint density at radius 3 is 2.57 bits per heavy atom. The molecular weight excluding hydrogens is 286 g/mol. The summed E-state index contributed by atoms with van der Waals surface area (Å²) < 4.78 is 5.29. The second-order valence-electron chi connectivity index (χ2n) is 5.63. The lowest BCUT2D eigenvalue weighted by molar-refractivity contribution is 0.219. The SMILES string of the molecule is Cc1cc(CN2CCN(c3cc(Cl)ccc3C)CC2)on1. The minimum Gasteiger partial charge on any atom is -0.369 e. The number of halogens is 1. The van der Waals surface area contributed by atoms with Gasteiger partial charge in [-0.1, -0.05) is 22.8 Å². The first-order valence-electron chi connectivity index (χ1n) is 7.27. The summed E-state index contributed by atoms with van der Waals surface area (Å²) >= 11 is 6.12. The van der Waals surface area contributed by atoms with Crippen LogP contribution < -0.4 is 4.90 Å². The third-order valence-electron chi connectivity index (χ3n) is 3.94. The maximum absolute atomic E-state index is 6.12. The van der Waals surface area contributed by atoms with Crippen molar-refractivity contribution in [3.05, 3.63) is 46.3 Å². The molecular formula is C16H20ClN3O. The van der Waals surface area contributed by atoms with Gasteiger partial charge in [0.2, 0.25) is 0 Å². The van der Waals surface area contributed by atoms with E-state index in [0.717, 1.165) is 49.2 Å². The van der Waals surface area contributed by atoms with E-state index in [2.05, 4.69) is 34.0 Å². The highest BCUT2D eigenvalue weighted by Gasteiger charge is 2.19. The first-order chi connectivity index (χ1) is 10.1. The number of hydrogen-bond acceptors (Lipinski definition) is 4. The summed E-state index contributed by atoms with van der Waals surface area (Å²) in [6.07, 6.45) is 0. The Bertz CT molecular complexity index is 618. The van der Waals surface area contributed by atoms with Gasteiger partial charge in [0.15, 0.2) is 5.76 Å². The lowest BCUT2D eigenvalue weighted by Crippen LogP contribution is -2.46. The highest BCUT2D eigenvalue weighted by atomic mass is 35.5. The number of piperazine rings is 1. The molecule has 0 saturated carbocycles. The predicted molar refractivity (Wildman–Crippen MR) is 84.9 cm³/mol. The summed E-state index contributed by atoms with van der Waals surface area (Å²) in [5.41, 5.74) is 3.47. The molecule has 1 saturated heterocycles. The van der Waals surface area contributed by atoms with Crippen molar-refractivity contribution in [2.75, 3.05) is 31.1 Å².